The minimum Gasteiger partial charge on any atom is -0.381 e. The minimum absolute atomic E-state index is 0.126. The van der Waals surface area contributed by atoms with Crippen LogP contribution in [0.1, 0.15) is 26.2 Å². The van der Waals surface area contributed by atoms with E-state index in [1.807, 2.05) is 6.92 Å². The Bertz CT molecular complexity index is 245. The predicted octanol–water partition coefficient (Wildman–Crippen LogP) is 0.839. The summed E-state index contributed by atoms with van der Waals surface area (Å²) >= 11 is 0. The molecular formula is C9H19NO3S. The summed E-state index contributed by atoms with van der Waals surface area (Å²) in [6.07, 6.45) is 3.14. The van der Waals surface area contributed by atoms with Gasteiger partial charge in [-0.3, -0.25) is 0 Å². The number of nitrogens with zero attached hydrogens (tertiary/aromatic N) is 1. The van der Waals surface area contributed by atoms with Crippen LogP contribution in [0.25, 0.3) is 0 Å². The van der Waals surface area contributed by atoms with E-state index in [1.165, 1.54) is 0 Å². The molecule has 4 nitrogen and oxygen atoms in total. The summed E-state index contributed by atoms with van der Waals surface area (Å²) in [5.74, 6) is 0.126. The molecule has 0 amide bonds. The van der Waals surface area contributed by atoms with E-state index in [2.05, 4.69) is 0 Å². The summed E-state index contributed by atoms with van der Waals surface area (Å²) in [6.45, 7) is 4.14. The molecule has 0 unspecified atom stereocenters. The van der Waals surface area contributed by atoms with E-state index in [4.69, 9.17) is 4.74 Å². The SMILES string of the molecule is CCOCCS(=O)(=O)N1CCCCC1. The molecule has 0 N–H and O–H groups in total. The third-order valence-electron chi connectivity index (χ3n) is 2.40. The average molecular weight is 221 g/mol. The molecule has 0 atom stereocenters. The van der Waals surface area contributed by atoms with Crippen molar-refractivity contribution in [1.29, 1.82) is 0 Å². The zero-order valence-corrected chi connectivity index (χ0v) is 9.55. The molecule has 0 aromatic rings. The number of piperidine rings is 1. The highest BCUT2D eigenvalue weighted by Gasteiger charge is 2.23. The lowest BCUT2D eigenvalue weighted by Gasteiger charge is -2.25. The molecule has 1 heterocycles. The van der Waals surface area contributed by atoms with Crippen molar-refractivity contribution < 1.29 is 13.2 Å². The lowest BCUT2D eigenvalue weighted by atomic mass is 10.2. The Balaban J connectivity index is 2.38. The van der Waals surface area contributed by atoms with E-state index in [0.29, 0.717) is 26.3 Å². The summed E-state index contributed by atoms with van der Waals surface area (Å²) < 4.78 is 30.1. The molecule has 5 heteroatoms. The van der Waals surface area contributed by atoms with E-state index < -0.39 is 10.0 Å². The molecule has 1 saturated heterocycles. The van der Waals surface area contributed by atoms with Crippen molar-refractivity contribution in [1.82, 2.24) is 4.31 Å². The first kappa shape index (κ1) is 11.9. The second kappa shape index (κ2) is 5.68. The fourth-order valence-electron chi connectivity index (χ4n) is 1.58. The van der Waals surface area contributed by atoms with Crippen molar-refractivity contribution in [2.45, 2.75) is 26.2 Å². The van der Waals surface area contributed by atoms with Crippen LogP contribution >= 0.6 is 0 Å². The number of hydrogen-bond donors (Lipinski definition) is 0. The third kappa shape index (κ3) is 3.55. The second-order valence-electron chi connectivity index (χ2n) is 3.47. The van der Waals surface area contributed by atoms with E-state index in [9.17, 15) is 8.42 Å². The normalized spacial score (nSPS) is 19.8. The second-order valence-corrected chi connectivity index (χ2v) is 5.56. The molecule has 1 rings (SSSR count). The maximum Gasteiger partial charge on any atom is 0.216 e. The lowest BCUT2D eigenvalue weighted by Crippen LogP contribution is -2.38. The van der Waals surface area contributed by atoms with Gasteiger partial charge >= 0.3 is 0 Å². The fraction of sp³-hybridized carbons (Fsp3) is 1.00. The van der Waals surface area contributed by atoms with Crippen molar-refractivity contribution in [2.75, 3.05) is 32.1 Å². The summed E-state index contributed by atoms with van der Waals surface area (Å²) in [5, 5.41) is 0. The first-order valence-corrected chi connectivity index (χ1v) is 6.83. The van der Waals surface area contributed by atoms with Crippen molar-refractivity contribution >= 4 is 10.0 Å². The summed E-state index contributed by atoms with van der Waals surface area (Å²) in [5.41, 5.74) is 0. The molecule has 0 spiro atoms. The van der Waals surface area contributed by atoms with Crippen LogP contribution in [0.2, 0.25) is 0 Å². The van der Waals surface area contributed by atoms with Crippen molar-refractivity contribution in [3.8, 4) is 0 Å². The molecule has 0 aromatic heterocycles. The molecule has 84 valence electrons. The average Bonchev–Trinajstić information content (AvgIpc) is 2.19. The summed E-state index contributed by atoms with van der Waals surface area (Å²) in [6, 6.07) is 0. The van der Waals surface area contributed by atoms with Crippen LogP contribution in [-0.4, -0.2) is 44.8 Å². The van der Waals surface area contributed by atoms with Gasteiger partial charge in [0, 0.05) is 19.7 Å². The monoisotopic (exact) mass is 221 g/mol. The largest absolute Gasteiger partial charge is 0.381 e. The molecule has 0 aliphatic carbocycles. The van der Waals surface area contributed by atoms with Gasteiger partial charge in [0.05, 0.1) is 12.4 Å². The molecule has 1 aliphatic rings. The van der Waals surface area contributed by atoms with E-state index in [1.54, 1.807) is 4.31 Å². The van der Waals surface area contributed by atoms with Crippen LogP contribution in [0.15, 0.2) is 0 Å². The van der Waals surface area contributed by atoms with Gasteiger partial charge in [-0.1, -0.05) is 6.42 Å². The Morgan fingerprint density at radius 2 is 1.86 bits per heavy atom. The third-order valence-corrected chi connectivity index (χ3v) is 4.23. The van der Waals surface area contributed by atoms with Gasteiger partial charge in [0.2, 0.25) is 10.0 Å². The number of ether oxygens (including phenoxy) is 1. The highest BCUT2D eigenvalue weighted by Crippen LogP contribution is 2.13. The van der Waals surface area contributed by atoms with Crippen LogP contribution < -0.4 is 0 Å². The first-order chi connectivity index (χ1) is 6.67. The number of sulfonamides is 1. The molecule has 0 aromatic carbocycles. The number of hydrogen-bond acceptors (Lipinski definition) is 3. The summed E-state index contributed by atoms with van der Waals surface area (Å²) in [4.78, 5) is 0. The fourth-order valence-corrected chi connectivity index (χ4v) is 2.98. The molecule has 0 bridgehead atoms. The Hall–Kier alpha value is -0.130. The van der Waals surface area contributed by atoms with Crippen LogP contribution in [0.3, 0.4) is 0 Å². The quantitative estimate of drug-likeness (QED) is 0.646. The molecule has 1 aliphatic heterocycles. The minimum atomic E-state index is -3.05. The van der Waals surface area contributed by atoms with E-state index in [0.717, 1.165) is 19.3 Å². The zero-order chi connectivity index (χ0) is 10.4. The highest BCUT2D eigenvalue weighted by molar-refractivity contribution is 7.89. The Morgan fingerprint density at radius 3 is 2.43 bits per heavy atom. The molecule has 0 saturated carbocycles. The standard InChI is InChI=1S/C9H19NO3S/c1-2-13-8-9-14(11,12)10-6-4-3-5-7-10/h2-9H2,1H3. The highest BCUT2D eigenvalue weighted by atomic mass is 32.2. The van der Waals surface area contributed by atoms with Crippen molar-refractivity contribution in [3.05, 3.63) is 0 Å². The predicted molar refractivity (Wildman–Crippen MR) is 55.7 cm³/mol. The molecule has 0 radical (unpaired) electrons. The molecule has 1 fully saturated rings. The van der Waals surface area contributed by atoms with Gasteiger partial charge in [-0.25, -0.2) is 12.7 Å². The number of rotatable bonds is 5. The van der Waals surface area contributed by atoms with Gasteiger partial charge in [-0.05, 0) is 19.8 Å². The van der Waals surface area contributed by atoms with Crippen LogP contribution in [0.4, 0.5) is 0 Å². The Labute approximate surface area is 86.3 Å². The van der Waals surface area contributed by atoms with Gasteiger partial charge in [-0.15, -0.1) is 0 Å². The van der Waals surface area contributed by atoms with E-state index in [-0.39, 0.29) is 5.75 Å². The van der Waals surface area contributed by atoms with Crippen molar-refractivity contribution in [2.24, 2.45) is 0 Å². The van der Waals surface area contributed by atoms with Gasteiger partial charge < -0.3 is 4.74 Å². The van der Waals surface area contributed by atoms with E-state index >= 15 is 0 Å². The van der Waals surface area contributed by atoms with Crippen molar-refractivity contribution in [3.63, 3.8) is 0 Å². The smallest absolute Gasteiger partial charge is 0.216 e. The van der Waals surface area contributed by atoms with Crippen LogP contribution in [0, 0.1) is 0 Å². The topological polar surface area (TPSA) is 46.6 Å². The molecule has 14 heavy (non-hydrogen) atoms. The maximum atomic E-state index is 11.7. The zero-order valence-electron chi connectivity index (χ0n) is 8.74. The van der Waals surface area contributed by atoms with Gasteiger partial charge in [0.25, 0.3) is 0 Å². The van der Waals surface area contributed by atoms with Crippen LogP contribution in [-0.2, 0) is 14.8 Å². The Kier molecular flexibility index (Phi) is 4.84. The van der Waals surface area contributed by atoms with Crippen LogP contribution in [0.5, 0.6) is 0 Å². The lowest BCUT2D eigenvalue weighted by molar-refractivity contribution is 0.162. The van der Waals surface area contributed by atoms with Gasteiger partial charge in [0.1, 0.15) is 0 Å². The Morgan fingerprint density at radius 1 is 1.21 bits per heavy atom. The molecular weight excluding hydrogens is 202 g/mol. The first-order valence-electron chi connectivity index (χ1n) is 5.22. The maximum absolute atomic E-state index is 11.7. The van der Waals surface area contributed by atoms with Gasteiger partial charge in [0.15, 0.2) is 0 Å². The summed E-state index contributed by atoms with van der Waals surface area (Å²) in [7, 11) is -3.05. The van der Waals surface area contributed by atoms with Gasteiger partial charge in [-0.2, -0.15) is 0 Å².